The molecule has 0 saturated carbocycles. The molecular weight excluding hydrogens is 236 g/mol. The number of anilines is 1. The van der Waals surface area contributed by atoms with E-state index in [-0.39, 0.29) is 0 Å². The third kappa shape index (κ3) is 2.54. The molecule has 2 unspecified atom stereocenters. The van der Waals surface area contributed by atoms with E-state index in [0.717, 1.165) is 30.9 Å². The summed E-state index contributed by atoms with van der Waals surface area (Å²) in [5.41, 5.74) is 0.986. The number of rotatable bonds is 2. The van der Waals surface area contributed by atoms with Crippen LogP contribution in [0.1, 0.15) is 25.5 Å². The van der Waals surface area contributed by atoms with Gasteiger partial charge in [-0.3, -0.25) is 0 Å². The fourth-order valence-electron chi connectivity index (χ4n) is 2.80. The van der Waals surface area contributed by atoms with E-state index in [1.165, 1.54) is 10.8 Å². The van der Waals surface area contributed by atoms with Crippen LogP contribution in [0.3, 0.4) is 0 Å². The molecule has 1 aliphatic heterocycles. The van der Waals surface area contributed by atoms with Gasteiger partial charge in [0.15, 0.2) is 5.82 Å². The summed E-state index contributed by atoms with van der Waals surface area (Å²) in [5.74, 6) is 0.917. The minimum Gasteiger partial charge on any atom is -0.365 e. The van der Waals surface area contributed by atoms with E-state index >= 15 is 0 Å². The first kappa shape index (κ1) is 12.4. The molecule has 0 bridgehead atoms. The van der Waals surface area contributed by atoms with E-state index in [2.05, 4.69) is 46.0 Å². The van der Waals surface area contributed by atoms with Crippen molar-refractivity contribution in [3.05, 3.63) is 30.0 Å². The summed E-state index contributed by atoms with van der Waals surface area (Å²) >= 11 is 0. The summed E-state index contributed by atoms with van der Waals surface area (Å²) in [4.78, 5) is 0. The summed E-state index contributed by atoms with van der Waals surface area (Å²) in [7, 11) is 0. The number of nitrogens with one attached hydrogen (secondary N) is 2. The average molecular weight is 256 g/mol. The van der Waals surface area contributed by atoms with Gasteiger partial charge in [0.2, 0.25) is 0 Å². The van der Waals surface area contributed by atoms with Crippen molar-refractivity contribution >= 4 is 16.6 Å². The van der Waals surface area contributed by atoms with Crippen LogP contribution in [0.25, 0.3) is 10.8 Å². The largest absolute Gasteiger partial charge is 0.365 e. The van der Waals surface area contributed by atoms with E-state index in [1.807, 2.05) is 13.0 Å². The molecule has 2 atom stereocenters. The standard InChI is InChI=1S/C15H20N4/c1-10-9-12(7-8-16-10)17-15-14-6-4-3-5-13(14)11(2)18-19-15/h3-6,10,12,16H,7-9H2,1-2H3,(H,17,19). The van der Waals surface area contributed by atoms with Crippen molar-refractivity contribution in [1.82, 2.24) is 15.5 Å². The molecule has 19 heavy (non-hydrogen) atoms. The van der Waals surface area contributed by atoms with Crippen molar-refractivity contribution in [3.63, 3.8) is 0 Å². The number of nitrogens with zero attached hydrogens (tertiary/aromatic N) is 2. The molecule has 0 amide bonds. The Morgan fingerprint density at radius 3 is 2.79 bits per heavy atom. The lowest BCUT2D eigenvalue weighted by molar-refractivity contribution is 0.396. The smallest absolute Gasteiger partial charge is 0.156 e. The Bertz CT molecular complexity index is 581. The molecule has 0 spiro atoms. The highest BCUT2D eigenvalue weighted by Gasteiger charge is 2.19. The van der Waals surface area contributed by atoms with Crippen LogP contribution in [0.4, 0.5) is 5.82 Å². The van der Waals surface area contributed by atoms with E-state index in [1.54, 1.807) is 0 Å². The predicted molar refractivity (Wildman–Crippen MR) is 78.4 cm³/mol. The number of hydrogen-bond acceptors (Lipinski definition) is 4. The molecule has 0 aliphatic carbocycles. The van der Waals surface area contributed by atoms with Crippen LogP contribution >= 0.6 is 0 Å². The Kier molecular flexibility index (Phi) is 3.34. The quantitative estimate of drug-likeness (QED) is 0.866. The second-order valence-electron chi connectivity index (χ2n) is 5.40. The van der Waals surface area contributed by atoms with Crippen LogP contribution < -0.4 is 10.6 Å². The maximum Gasteiger partial charge on any atom is 0.156 e. The number of fused-ring (bicyclic) bond motifs is 1. The maximum atomic E-state index is 4.34. The highest BCUT2D eigenvalue weighted by atomic mass is 15.2. The van der Waals surface area contributed by atoms with Crippen molar-refractivity contribution in [2.24, 2.45) is 0 Å². The Labute approximate surface area is 113 Å². The molecule has 1 fully saturated rings. The number of aryl methyl sites for hydroxylation is 1. The number of hydrogen-bond donors (Lipinski definition) is 2. The first-order valence-corrected chi connectivity index (χ1v) is 6.96. The number of piperidine rings is 1. The van der Waals surface area contributed by atoms with Crippen LogP contribution in [0.15, 0.2) is 24.3 Å². The van der Waals surface area contributed by atoms with Gasteiger partial charge in [-0.2, -0.15) is 5.10 Å². The summed E-state index contributed by atoms with van der Waals surface area (Å²) < 4.78 is 0. The summed E-state index contributed by atoms with van der Waals surface area (Å²) in [6, 6.07) is 9.37. The molecule has 2 heterocycles. The van der Waals surface area contributed by atoms with Gasteiger partial charge in [-0.25, -0.2) is 0 Å². The highest BCUT2D eigenvalue weighted by molar-refractivity contribution is 5.92. The highest BCUT2D eigenvalue weighted by Crippen LogP contribution is 2.24. The first-order valence-electron chi connectivity index (χ1n) is 6.96. The Morgan fingerprint density at radius 1 is 1.21 bits per heavy atom. The zero-order valence-electron chi connectivity index (χ0n) is 11.5. The van der Waals surface area contributed by atoms with E-state index in [9.17, 15) is 0 Å². The van der Waals surface area contributed by atoms with Gasteiger partial charge < -0.3 is 10.6 Å². The Hall–Kier alpha value is -1.68. The molecule has 1 aromatic heterocycles. The average Bonchev–Trinajstić information content (AvgIpc) is 2.42. The van der Waals surface area contributed by atoms with E-state index in [4.69, 9.17) is 0 Å². The topological polar surface area (TPSA) is 49.8 Å². The Balaban J connectivity index is 1.90. The molecule has 0 radical (unpaired) electrons. The molecule has 1 aliphatic rings. The van der Waals surface area contributed by atoms with Crippen molar-refractivity contribution in [3.8, 4) is 0 Å². The summed E-state index contributed by atoms with van der Waals surface area (Å²) in [5, 5.41) is 18.0. The third-order valence-electron chi connectivity index (χ3n) is 3.84. The van der Waals surface area contributed by atoms with Gasteiger partial charge >= 0.3 is 0 Å². The van der Waals surface area contributed by atoms with E-state index < -0.39 is 0 Å². The lowest BCUT2D eigenvalue weighted by atomic mass is 10.0. The third-order valence-corrected chi connectivity index (χ3v) is 3.84. The van der Waals surface area contributed by atoms with Crippen molar-refractivity contribution < 1.29 is 0 Å². The summed E-state index contributed by atoms with van der Waals surface area (Å²) in [6.45, 7) is 5.30. The van der Waals surface area contributed by atoms with Gasteiger partial charge in [0.05, 0.1) is 5.69 Å². The van der Waals surface area contributed by atoms with Crippen molar-refractivity contribution in [2.75, 3.05) is 11.9 Å². The maximum absolute atomic E-state index is 4.34. The fraction of sp³-hybridized carbons (Fsp3) is 0.467. The SMILES string of the molecule is Cc1nnc(NC2CCNC(C)C2)c2ccccc12. The molecule has 4 nitrogen and oxygen atoms in total. The zero-order chi connectivity index (χ0) is 13.2. The van der Waals surface area contributed by atoms with Gasteiger partial charge in [0, 0.05) is 22.9 Å². The van der Waals surface area contributed by atoms with Crippen LogP contribution in [0, 0.1) is 6.92 Å². The molecule has 3 rings (SSSR count). The van der Waals surface area contributed by atoms with Crippen molar-refractivity contribution in [2.45, 2.75) is 38.8 Å². The summed E-state index contributed by atoms with van der Waals surface area (Å²) in [6.07, 6.45) is 2.26. The Morgan fingerprint density at radius 2 is 2.00 bits per heavy atom. The van der Waals surface area contributed by atoms with Crippen LogP contribution in [0.5, 0.6) is 0 Å². The lowest BCUT2D eigenvalue weighted by Crippen LogP contribution is -2.41. The van der Waals surface area contributed by atoms with Crippen molar-refractivity contribution in [1.29, 1.82) is 0 Å². The molecule has 1 aromatic carbocycles. The zero-order valence-corrected chi connectivity index (χ0v) is 11.5. The number of benzene rings is 1. The monoisotopic (exact) mass is 256 g/mol. The van der Waals surface area contributed by atoms with Gasteiger partial charge in [-0.1, -0.05) is 24.3 Å². The molecule has 100 valence electrons. The van der Waals surface area contributed by atoms with Crippen LogP contribution in [0.2, 0.25) is 0 Å². The van der Waals surface area contributed by atoms with Gasteiger partial charge in [0.1, 0.15) is 0 Å². The normalized spacial score (nSPS) is 23.5. The van der Waals surface area contributed by atoms with E-state index in [0.29, 0.717) is 12.1 Å². The second-order valence-corrected chi connectivity index (χ2v) is 5.40. The number of aromatic nitrogens is 2. The molecule has 1 saturated heterocycles. The minimum absolute atomic E-state index is 0.483. The van der Waals surface area contributed by atoms with Gasteiger partial charge in [-0.15, -0.1) is 5.10 Å². The predicted octanol–water partition coefficient (Wildman–Crippen LogP) is 2.49. The van der Waals surface area contributed by atoms with Crippen LogP contribution in [-0.4, -0.2) is 28.8 Å². The molecule has 2 N–H and O–H groups in total. The lowest BCUT2D eigenvalue weighted by Gasteiger charge is -2.29. The van der Waals surface area contributed by atoms with Gasteiger partial charge in [-0.05, 0) is 33.2 Å². The van der Waals surface area contributed by atoms with Crippen LogP contribution in [-0.2, 0) is 0 Å². The minimum atomic E-state index is 0.483. The molecule has 4 heteroatoms. The molecule has 2 aromatic rings. The first-order chi connectivity index (χ1) is 9.24. The molecular formula is C15H20N4. The van der Waals surface area contributed by atoms with Gasteiger partial charge in [0.25, 0.3) is 0 Å². The fourth-order valence-corrected chi connectivity index (χ4v) is 2.80. The second kappa shape index (κ2) is 5.13.